The van der Waals surface area contributed by atoms with Crippen molar-refractivity contribution in [3.05, 3.63) is 18.2 Å². The molecule has 0 aliphatic heterocycles. The Morgan fingerprint density at radius 1 is 1.04 bits per heavy atom. The van der Waals surface area contributed by atoms with Crippen LogP contribution in [0.1, 0.15) is 27.7 Å². The molecule has 0 fully saturated rings. The van der Waals surface area contributed by atoms with Gasteiger partial charge in [0.2, 0.25) is 0 Å². The number of ether oxygens (including phenoxy) is 1. The van der Waals surface area contributed by atoms with Gasteiger partial charge in [-0.3, -0.25) is 0 Å². The molecule has 0 saturated carbocycles. The summed E-state index contributed by atoms with van der Waals surface area (Å²) in [5.74, 6) is 0.461. The minimum Gasteiger partial charge on any atom is -0.497 e. The average Bonchev–Trinajstić information content (AvgIpc) is 2.88. The van der Waals surface area contributed by atoms with Gasteiger partial charge in [-0.15, -0.1) is 0 Å². The van der Waals surface area contributed by atoms with Gasteiger partial charge in [0.25, 0.3) is 0 Å². The number of nitrogens with one attached hydrogen (secondary N) is 1. The summed E-state index contributed by atoms with van der Waals surface area (Å²) in [6.45, 7) is 6.53. The number of benzene rings is 1. The molecule has 0 aliphatic carbocycles. The first kappa shape index (κ1) is 18.8. The van der Waals surface area contributed by atoms with Crippen molar-refractivity contribution in [2.24, 2.45) is 0 Å². The van der Waals surface area contributed by atoms with E-state index < -0.39 is 25.4 Å². The molecule has 0 spiro atoms. The molecule has 1 aromatic heterocycles. The van der Waals surface area contributed by atoms with E-state index in [9.17, 15) is 20.2 Å². The fourth-order valence-electron chi connectivity index (χ4n) is 2.21. The number of H-pyrrole nitrogens is 1. The van der Waals surface area contributed by atoms with Crippen molar-refractivity contribution in [3.63, 3.8) is 0 Å². The Labute approximate surface area is 141 Å². The summed E-state index contributed by atoms with van der Waals surface area (Å²) in [5.41, 5.74) is -1.16. The van der Waals surface area contributed by atoms with Gasteiger partial charge in [-0.1, -0.05) is 0 Å². The summed E-state index contributed by atoms with van der Waals surface area (Å²) < 4.78 is 10.7. The largest absolute Gasteiger partial charge is 0.508 e. The van der Waals surface area contributed by atoms with E-state index in [-0.39, 0.29) is 5.46 Å². The van der Waals surface area contributed by atoms with Crippen molar-refractivity contribution in [3.8, 4) is 5.75 Å². The Bertz CT molecular complexity index is 723. The summed E-state index contributed by atoms with van der Waals surface area (Å²) >= 11 is 0. The first-order chi connectivity index (χ1) is 11.0. The van der Waals surface area contributed by atoms with Gasteiger partial charge in [0.15, 0.2) is 0 Å². The molecule has 7 nitrogen and oxygen atoms in total. The summed E-state index contributed by atoms with van der Waals surface area (Å²) in [6, 6.07) is 4.84. The van der Waals surface area contributed by atoms with Crippen molar-refractivity contribution >= 4 is 36.2 Å². The number of aromatic nitrogens is 1. The quantitative estimate of drug-likeness (QED) is 0.438. The normalized spacial score (nSPS) is 12.5. The molecule has 2 aromatic rings. The highest BCUT2D eigenvalue weighted by molar-refractivity contribution is 6.63. The third kappa shape index (κ3) is 3.60. The van der Waals surface area contributed by atoms with Crippen LogP contribution < -0.4 is 15.8 Å². The van der Waals surface area contributed by atoms with Gasteiger partial charge in [-0.25, -0.2) is 0 Å². The number of methoxy groups -OCH3 is 1. The van der Waals surface area contributed by atoms with Crippen molar-refractivity contribution < 1.29 is 29.6 Å². The van der Waals surface area contributed by atoms with Crippen LogP contribution in [0.25, 0.3) is 10.9 Å². The van der Waals surface area contributed by atoms with Gasteiger partial charge in [-0.05, 0) is 45.9 Å². The topological polar surface area (TPSA) is 115 Å². The Morgan fingerprint density at radius 3 is 2.17 bits per heavy atom. The van der Waals surface area contributed by atoms with E-state index in [1.165, 1.54) is 13.2 Å². The van der Waals surface area contributed by atoms with Crippen LogP contribution in [0.4, 0.5) is 0 Å². The van der Waals surface area contributed by atoms with Crippen LogP contribution in [0.3, 0.4) is 0 Å². The Balaban J connectivity index is 2.42. The molecular formula is C15H23B2NO6. The minimum atomic E-state index is -1.69. The van der Waals surface area contributed by atoms with Crippen LogP contribution in [0.2, 0.25) is 0 Å². The Kier molecular flexibility index (Phi) is 5.03. The van der Waals surface area contributed by atoms with E-state index in [0.29, 0.717) is 22.2 Å². The van der Waals surface area contributed by atoms with Crippen molar-refractivity contribution in [2.45, 2.75) is 38.9 Å². The molecule has 0 radical (unpaired) electrons. The van der Waals surface area contributed by atoms with Crippen LogP contribution in [0, 0.1) is 0 Å². The predicted octanol–water partition coefficient (Wildman–Crippen LogP) is -0.890. The van der Waals surface area contributed by atoms with Crippen LogP contribution in [-0.4, -0.2) is 57.7 Å². The average molecular weight is 335 g/mol. The van der Waals surface area contributed by atoms with Crippen LogP contribution in [-0.2, 0) is 4.65 Å². The summed E-state index contributed by atoms with van der Waals surface area (Å²) in [5, 5.41) is 40.2. The molecule has 0 amide bonds. The van der Waals surface area contributed by atoms with Gasteiger partial charge in [-0.2, -0.15) is 0 Å². The molecule has 24 heavy (non-hydrogen) atoms. The lowest BCUT2D eigenvalue weighted by Gasteiger charge is -2.38. The zero-order valence-corrected chi connectivity index (χ0v) is 14.5. The monoisotopic (exact) mass is 335 g/mol. The zero-order valence-electron chi connectivity index (χ0n) is 14.5. The maximum atomic E-state index is 10.4. The summed E-state index contributed by atoms with van der Waals surface area (Å²) in [6.07, 6.45) is 0. The second-order valence-electron chi connectivity index (χ2n) is 6.82. The number of hydrogen-bond acceptors (Lipinski definition) is 6. The maximum Gasteiger partial charge on any atom is 0.508 e. The number of hydrogen-bond donors (Lipinski definition) is 5. The molecule has 1 aromatic carbocycles. The molecule has 0 atom stereocenters. The number of aromatic amines is 1. The maximum absolute atomic E-state index is 10.4. The van der Waals surface area contributed by atoms with E-state index in [0.717, 1.165) is 0 Å². The SMILES string of the molecule is COc1cc(B(O)O)c2[nH]c(B(O)OC(C)(C)C(C)(C)O)cc2c1. The van der Waals surface area contributed by atoms with Crippen molar-refractivity contribution in [1.29, 1.82) is 0 Å². The van der Waals surface area contributed by atoms with Gasteiger partial charge < -0.3 is 34.6 Å². The molecular weight excluding hydrogens is 312 g/mol. The Morgan fingerprint density at radius 2 is 1.67 bits per heavy atom. The molecule has 1 heterocycles. The fraction of sp³-hybridized carbons (Fsp3) is 0.467. The Hall–Kier alpha value is -1.51. The van der Waals surface area contributed by atoms with Crippen molar-refractivity contribution in [2.75, 3.05) is 7.11 Å². The van der Waals surface area contributed by atoms with Gasteiger partial charge in [0, 0.05) is 22.0 Å². The van der Waals surface area contributed by atoms with Gasteiger partial charge in [0.1, 0.15) is 5.75 Å². The number of rotatable bonds is 6. The summed E-state index contributed by atoms with van der Waals surface area (Å²) in [4.78, 5) is 2.94. The lowest BCUT2D eigenvalue weighted by Crippen LogP contribution is -2.53. The minimum absolute atomic E-state index is 0.226. The smallest absolute Gasteiger partial charge is 0.497 e. The molecule has 130 valence electrons. The van der Waals surface area contributed by atoms with Gasteiger partial charge in [0.05, 0.1) is 18.3 Å². The first-order valence-electron chi connectivity index (χ1n) is 7.61. The van der Waals surface area contributed by atoms with E-state index in [2.05, 4.69) is 4.98 Å². The lowest BCUT2D eigenvalue weighted by atomic mass is 9.79. The highest BCUT2D eigenvalue weighted by Crippen LogP contribution is 2.25. The van der Waals surface area contributed by atoms with E-state index in [1.54, 1.807) is 39.8 Å². The van der Waals surface area contributed by atoms with Crippen LogP contribution in [0.15, 0.2) is 18.2 Å². The van der Waals surface area contributed by atoms with E-state index in [4.69, 9.17) is 9.39 Å². The molecule has 5 N–H and O–H groups in total. The van der Waals surface area contributed by atoms with Gasteiger partial charge >= 0.3 is 14.2 Å². The predicted molar refractivity (Wildman–Crippen MR) is 93.7 cm³/mol. The van der Waals surface area contributed by atoms with Crippen LogP contribution in [0.5, 0.6) is 5.75 Å². The highest BCUT2D eigenvalue weighted by atomic mass is 16.5. The van der Waals surface area contributed by atoms with Crippen molar-refractivity contribution in [1.82, 2.24) is 4.98 Å². The third-order valence-electron chi connectivity index (χ3n) is 4.41. The van der Waals surface area contributed by atoms with Crippen LogP contribution >= 0.6 is 0 Å². The van der Waals surface area contributed by atoms with E-state index >= 15 is 0 Å². The lowest BCUT2D eigenvalue weighted by molar-refractivity contribution is -0.0983. The molecule has 0 saturated heterocycles. The highest BCUT2D eigenvalue weighted by Gasteiger charge is 2.40. The molecule has 2 rings (SSSR count). The second-order valence-corrected chi connectivity index (χ2v) is 6.82. The zero-order chi connectivity index (χ0) is 18.3. The standard InChI is InChI=1S/C15H23B2NO6/c1-14(2,19)15(3,4)24-17(22)12-7-9-6-10(23-5)8-11(16(20)21)13(9)18-12/h6-8,18-22H,1-5H3. The molecule has 0 aliphatic rings. The number of fused-ring (bicyclic) bond motifs is 1. The third-order valence-corrected chi connectivity index (χ3v) is 4.41. The molecule has 9 heteroatoms. The fourth-order valence-corrected chi connectivity index (χ4v) is 2.21. The number of aliphatic hydroxyl groups is 1. The molecule has 0 bridgehead atoms. The van der Waals surface area contributed by atoms with E-state index in [1.807, 2.05) is 0 Å². The molecule has 0 unspecified atom stereocenters. The summed E-state index contributed by atoms with van der Waals surface area (Å²) in [7, 11) is -1.54. The first-order valence-corrected chi connectivity index (χ1v) is 7.61. The second kappa shape index (κ2) is 6.42.